The number of urea groups is 1. The van der Waals surface area contributed by atoms with Crippen molar-refractivity contribution in [2.24, 2.45) is 17.9 Å². The van der Waals surface area contributed by atoms with Crippen LogP contribution in [0.1, 0.15) is 5.56 Å². The number of rotatable bonds is 2. The van der Waals surface area contributed by atoms with Gasteiger partial charge in [0, 0.05) is 18.8 Å². The minimum Gasteiger partial charge on any atom is -0.350 e. The topological polar surface area (TPSA) is 85.3 Å². The van der Waals surface area contributed by atoms with E-state index >= 15 is 0 Å². The molecule has 0 fully saturated rings. The van der Waals surface area contributed by atoms with Gasteiger partial charge in [0.05, 0.1) is 12.4 Å². The van der Waals surface area contributed by atoms with Crippen molar-refractivity contribution in [1.29, 1.82) is 0 Å². The second-order valence-corrected chi connectivity index (χ2v) is 2.18. The zero-order valence-electron chi connectivity index (χ0n) is 6.56. The van der Waals surface area contributed by atoms with Crippen molar-refractivity contribution in [2.75, 3.05) is 0 Å². The maximum absolute atomic E-state index is 10.2. The summed E-state index contributed by atoms with van der Waals surface area (Å²) in [4.78, 5) is 10.2. The lowest BCUT2D eigenvalue weighted by Crippen LogP contribution is -2.24. The maximum atomic E-state index is 10.2. The predicted molar refractivity (Wildman–Crippen MR) is 43.5 cm³/mol. The third-order valence-corrected chi connectivity index (χ3v) is 1.11. The van der Waals surface area contributed by atoms with Crippen molar-refractivity contribution in [1.82, 2.24) is 15.2 Å². The van der Waals surface area contributed by atoms with E-state index in [4.69, 9.17) is 5.73 Å². The molecule has 0 saturated carbocycles. The molecule has 3 N–H and O–H groups in total. The van der Waals surface area contributed by atoms with Gasteiger partial charge >= 0.3 is 6.03 Å². The Morgan fingerprint density at radius 3 is 3.17 bits per heavy atom. The van der Waals surface area contributed by atoms with Crippen molar-refractivity contribution in [2.45, 2.75) is 0 Å². The maximum Gasteiger partial charge on any atom is 0.332 e. The lowest BCUT2D eigenvalue weighted by Gasteiger charge is -1.88. The van der Waals surface area contributed by atoms with Crippen LogP contribution in [0.3, 0.4) is 0 Å². The minimum absolute atomic E-state index is 0.685. The molecule has 0 atom stereocenters. The van der Waals surface area contributed by atoms with E-state index in [2.05, 4.69) is 15.6 Å². The lowest BCUT2D eigenvalue weighted by molar-refractivity contribution is 0.249. The quantitative estimate of drug-likeness (QED) is 0.456. The van der Waals surface area contributed by atoms with E-state index in [0.29, 0.717) is 0 Å². The summed E-state index contributed by atoms with van der Waals surface area (Å²) < 4.78 is 1.63. The van der Waals surface area contributed by atoms with Gasteiger partial charge in [-0.1, -0.05) is 0 Å². The summed E-state index contributed by atoms with van der Waals surface area (Å²) in [5.74, 6) is 0. The molecular weight excluding hydrogens is 158 g/mol. The van der Waals surface area contributed by atoms with Gasteiger partial charge in [-0.3, -0.25) is 4.68 Å². The molecule has 12 heavy (non-hydrogen) atoms. The molecule has 64 valence electrons. The molecule has 2 amide bonds. The van der Waals surface area contributed by atoms with Gasteiger partial charge in [0.25, 0.3) is 0 Å². The molecule has 1 rings (SSSR count). The van der Waals surface area contributed by atoms with Crippen LogP contribution in [0.25, 0.3) is 0 Å². The number of nitrogens with zero attached hydrogens (tertiary/aromatic N) is 3. The van der Waals surface area contributed by atoms with E-state index in [1.807, 2.05) is 0 Å². The van der Waals surface area contributed by atoms with Crippen molar-refractivity contribution < 1.29 is 4.79 Å². The Morgan fingerprint density at radius 2 is 2.67 bits per heavy atom. The summed E-state index contributed by atoms with van der Waals surface area (Å²) in [5.41, 5.74) is 7.65. The lowest BCUT2D eigenvalue weighted by atomic mass is 10.4. The number of carbonyl (C=O) groups is 1. The van der Waals surface area contributed by atoms with Gasteiger partial charge < -0.3 is 5.73 Å². The first-order chi connectivity index (χ1) is 5.68. The fourth-order valence-electron chi connectivity index (χ4n) is 0.677. The van der Waals surface area contributed by atoms with Gasteiger partial charge in [-0.15, -0.1) is 0 Å². The number of nitrogens with one attached hydrogen (secondary N) is 1. The third-order valence-electron chi connectivity index (χ3n) is 1.11. The second-order valence-electron chi connectivity index (χ2n) is 2.18. The monoisotopic (exact) mass is 167 g/mol. The van der Waals surface area contributed by atoms with Gasteiger partial charge in [-0.25, -0.2) is 10.2 Å². The Kier molecular flexibility index (Phi) is 2.42. The molecule has 0 radical (unpaired) electrons. The van der Waals surface area contributed by atoms with Crippen LogP contribution in [-0.4, -0.2) is 22.0 Å². The highest BCUT2D eigenvalue weighted by molar-refractivity contribution is 5.80. The second kappa shape index (κ2) is 3.51. The summed E-state index contributed by atoms with van der Waals surface area (Å²) in [6, 6.07) is -0.685. The van der Waals surface area contributed by atoms with Crippen LogP contribution in [-0.2, 0) is 7.05 Å². The number of nitrogens with two attached hydrogens (primary N) is 1. The molecular formula is C6H9N5O. The largest absolute Gasteiger partial charge is 0.350 e. The summed E-state index contributed by atoms with van der Waals surface area (Å²) in [7, 11) is 1.79. The summed E-state index contributed by atoms with van der Waals surface area (Å²) in [6.45, 7) is 0. The first-order valence-corrected chi connectivity index (χ1v) is 3.25. The SMILES string of the molecule is Cn1cc(C=NNC(N)=O)cn1. The van der Waals surface area contributed by atoms with Crippen LogP contribution in [0.2, 0.25) is 0 Å². The summed E-state index contributed by atoms with van der Waals surface area (Å²) >= 11 is 0. The Hall–Kier alpha value is -1.85. The number of carbonyl (C=O) groups excluding carboxylic acids is 1. The van der Waals surface area contributed by atoms with E-state index in [1.54, 1.807) is 24.1 Å². The molecule has 0 aliphatic heterocycles. The van der Waals surface area contributed by atoms with Crippen molar-refractivity contribution in [3.63, 3.8) is 0 Å². The average molecular weight is 167 g/mol. The van der Waals surface area contributed by atoms with Crippen LogP contribution in [0, 0.1) is 0 Å². The molecule has 0 unspecified atom stereocenters. The minimum atomic E-state index is -0.685. The number of primary amides is 1. The molecule has 0 aromatic carbocycles. The average Bonchev–Trinajstić information content (AvgIpc) is 2.35. The number of hydrazone groups is 1. The Labute approximate surface area is 69.1 Å². The van der Waals surface area contributed by atoms with Crippen molar-refractivity contribution >= 4 is 12.2 Å². The van der Waals surface area contributed by atoms with E-state index in [9.17, 15) is 4.79 Å². The van der Waals surface area contributed by atoms with Gasteiger partial charge in [0.1, 0.15) is 0 Å². The standard InChI is InChI=1S/C6H9N5O/c1-11-4-5(3-9-11)2-8-10-6(7)12/h2-4H,1H3,(H3,7,10,12). The van der Waals surface area contributed by atoms with Crippen LogP contribution in [0.4, 0.5) is 4.79 Å². The number of amides is 2. The molecule has 6 heteroatoms. The van der Waals surface area contributed by atoms with Crippen molar-refractivity contribution in [3.05, 3.63) is 18.0 Å². The third kappa shape index (κ3) is 2.41. The molecule has 0 bridgehead atoms. The normalized spacial score (nSPS) is 10.4. The zero-order chi connectivity index (χ0) is 8.97. The Balaban J connectivity index is 2.52. The fourth-order valence-corrected chi connectivity index (χ4v) is 0.677. The number of aryl methyl sites for hydroxylation is 1. The smallest absolute Gasteiger partial charge is 0.332 e. The van der Waals surface area contributed by atoms with E-state index in [0.717, 1.165) is 5.56 Å². The molecule has 0 aliphatic rings. The number of hydrogen-bond acceptors (Lipinski definition) is 3. The predicted octanol–water partition coefficient (Wildman–Crippen LogP) is -0.578. The first-order valence-electron chi connectivity index (χ1n) is 3.25. The summed E-state index contributed by atoms with van der Waals surface area (Å²) in [6.07, 6.45) is 4.83. The van der Waals surface area contributed by atoms with E-state index in [-0.39, 0.29) is 0 Å². The Bertz CT molecular complexity index is 303. The molecule has 6 nitrogen and oxygen atoms in total. The molecule has 1 aromatic rings. The molecule has 0 aliphatic carbocycles. The van der Waals surface area contributed by atoms with Gasteiger partial charge in [-0.05, 0) is 0 Å². The van der Waals surface area contributed by atoms with Crippen LogP contribution < -0.4 is 11.2 Å². The molecule has 0 saturated heterocycles. The van der Waals surface area contributed by atoms with E-state index < -0.39 is 6.03 Å². The van der Waals surface area contributed by atoms with Gasteiger partial charge in [0.2, 0.25) is 0 Å². The Morgan fingerprint density at radius 1 is 1.92 bits per heavy atom. The van der Waals surface area contributed by atoms with Gasteiger partial charge in [0.15, 0.2) is 0 Å². The van der Waals surface area contributed by atoms with E-state index in [1.165, 1.54) is 6.21 Å². The number of aromatic nitrogens is 2. The highest BCUT2D eigenvalue weighted by Crippen LogP contribution is 1.89. The zero-order valence-corrected chi connectivity index (χ0v) is 6.56. The first kappa shape index (κ1) is 8.25. The van der Waals surface area contributed by atoms with Crippen LogP contribution >= 0.6 is 0 Å². The van der Waals surface area contributed by atoms with Crippen LogP contribution in [0.15, 0.2) is 17.5 Å². The highest BCUT2D eigenvalue weighted by Gasteiger charge is 1.90. The van der Waals surface area contributed by atoms with Crippen LogP contribution in [0.5, 0.6) is 0 Å². The molecule has 0 spiro atoms. The number of hydrogen-bond donors (Lipinski definition) is 2. The van der Waals surface area contributed by atoms with Gasteiger partial charge in [-0.2, -0.15) is 10.2 Å². The molecule has 1 heterocycles. The highest BCUT2D eigenvalue weighted by atomic mass is 16.2. The molecule has 1 aromatic heterocycles. The van der Waals surface area contributed by atoms with Crippen molar-refractivity contribution in [3.8, 4) is 0 Å². The fraction of sp³-hybridized carbons (Fsp3) is 0.167. The summed E-state index contributed by atoms with van der Waals surface area (Å²) in [5, 5.41) is 7.45.